The van der Waals surface area contributed by atoms with Crippen molar-refractivity contribution in [2.45, 2.75) is 18.9 Å². The van der Waals surface area contributed by atoms with Gasteiger partial charge >= 0.3 is 0 Å². The molecule has 2 N–H and O–H groups in total. The molecular weight excluding hydrogens is 216 g/mol. The highest BCUT2D eigenvalue weighted by atomic mass is 16.5. The molecule has 4 heteroatoms. The molecule has 0 spiro atoms. The predicted molar refractivity (Wildman–Crippen MR) is 65.7 cm³/mol. The van der Waals surface area contributed by atoms with Gasteiger partial charge in [-0.3, -0.25) is 4.79 Å². The Morgan fingerprint density at radius 1 is 1.35 bits per heavy atom. The summed E-state index contributed by atoms with van der Waals surface area (Å²) in [5.41, 5.74) is 5.72. The first kappa shape index (κ1) is 11.9. The Morgan fingerprint density at radius 3 is 2.76 bits per heavy atom. The van der Waals surface area contributed by atoms with Crippen molar-refractivity contribution in [1.82, 2.24) is 4.90 Å². The molecule has 1 aromatic rings. The van der Waals surface area contributed by atoms with E-state index >= 15 is 0 Å². The third kappa shape index (κ3) is 3.46. The Kier molecular flexibility index (Phi) is 3.98. The van der Waals surface area contributed by atoms with Crippen molar-refractivity contribution < 1.29 is 9.53 Å². The zero-order chi connectivity index (χ0) is 12.1. The zero-order valence-electron chi connectivity index (χ0n) is 9.84. The van der Waals surface area contributed by atoms with Crippen molar-refractivity contribution in [2.75, 3.05) is 19.7 Å². The van der Waals surface area contributed by atoms with Gasteiger partial charge in [-0.1, -0.05) is 18.2 Å². The second-order valence-corrected chi connectivity index (χ2v) is 4.32. The van der Waals surface area contributed by atoms with Gasteiger partial charge in [0.05, 0.1) is 6.61 Å². The zero-order valence-corrected chi connectivity index (χ0v) is 9.84. The van der Waals surface area contributed by atoms with Crippen LogP contribution in [0.1, 0.15) is 12.8 Å². The van der Waals surface area contributed by atoms with Gasteiger partial charge in [0.15, 0.2) is 0 Å². The summed E-state index contributed by atoms with van der Waals surface area (Å²) in [4.78, 5) is 13.3. The Balaban J connectivity index is 1.65. The SMILES string of the molecule is NC1CC(=O)N(CCCOc2ccccc2)C1. The number of carbonyl (C=O) groups is 1. The van der Waals surface area contributed by atoms with Crippen molar-refractivity contribution >= 4 is 5.91 Å². The van der Waals surface area contributed by atoms with E-state index in [1.807, 2.05) is 35.2 Å². The van der Waals surface area contributed by atoms with E-state index in [2.05, 4.69) is 0 Å². The molecule has 4 nitrogen and oxygen atoms in total. The van der Waals surface area contributed by atoms with Crippen LogP contribution >= 0.6 is 0 Å². The van der Waals surface area contributed by atoms with Gasteiger partial charge in [0.2, 0.25) is 5.91 Å². The van der Waals surface area contributed by atoms with E-state index in [1.165, 1.54) is 0 Å². The number of benzene rings is 1. The van der Waals surface area contributed by atoms with E-state index in [1.54, 1.807) is 0 Å². The molecule has 1 saturated heterocycles. The van der Waals surface area contributed by atoms with Crippen LogP contribution < -0.4 is 10.5 Å². The van der Waals surface area contributed by atoms with Crippen molar-refractivity contribution in [2.24, 2.45) is 5.73 Å². The molecule has 0 radical (unpaired) electrons. The lowest BCUT2D eigenvalue weighted by atomic mass is 10.3. The topological polar surface area (TPSA) is 55.6 Å². The first-order valence-electron chi connectivity index (χ1n) is 5.97. The molecule has 1 aliphatic rings. The van der Waals surface area contributed by atoms with Gasteiger partial charge in [-0.25, -0.2) is 0 Å². The fraction of sp³-hybridized carbons (Fsp3) is 0.462. The maximum atomic E-state index is 11.5. The Morgan fingerprint density at radius 2 is 2.12 bits per heavy atom. The molecule has 1 atom stereocenters. The summed E-state index contributed by atoms with van der Waals surface area (Å²) in [7, 11) is 0. The highest BCUT2D eigenvalue weighted by molar-refractivity contribution is 5.79. The van der Waals surface area contributed by atoms with Crippen LogP contribution in [0, 0.1) is 0 Å². The van der Waals surface area contributed by atoms with Crippen LogP contribution in [0.15, 0.2) is 30.3 Å². The summed E-state index contributed by atoms with van der Waals surface area (Å²) >= 11 is 0. The molecule has 0 aromatic heterocycles. The van der Waals surface area contributed by atoms with Crippen molar-refractivity contribution in [3.63, 3.8) is 0 Å². The molecule has 1 heterocycles. The van der Waals surface area contributed by atoms with Gasteiger partial charge in [0, 0.05) is 25.6 Å². The van der Waals surface area contributed by atoms with E-state index in [0.29, 0.717) is 19.6 Å². The van der Waals surface area contributed by atoms with Gasteiger partial charge in [-0.05, 0) is 18.6 Å². The molecule has 92 valence electrons. The van der Waals surface area contributed by atoms with Gasteiger partial charge < -0.3 is 15.4 Å². The van der Waals surface area contributed by atoms with Crippen LogP contribution in [-0.2, 0) is 4.79 Å². The van der Waals surface area contributed by atoms with Crippen LogP contribution in [-0.4, -0.2) is 36.5 Å². The summed E-state index contributed by atoms with van der Waals surface area (Å²) in [6.07, 6.45) is 1.33. The lowest BCUT2D eigenvalue weighted by Crippen LogP contribution is -2.29. The molecular formula is C13H18N2O2. The summed E-state index contributed by atoms with van der Waals surface area (Å²) in [6, 6.07) is 9.71. The van der Waals surface area contributed by atoms with E-state index in [-0.39, 0.29) is 11.9 Å². The molecule has 0 bridgehead atoms. The van der Waals surface area contributed by atoms with E-state index in [4.69, 9.17) is 10.5 Å². The second-order valence-electron chi connectivity index (χ2n) is 4.32. The van der Waals surface area contributed by atoms with Gasteiger partial charge in [-0.15, -0.1) is 0 Å². The number of hydrogen-bond donors (Lipinski definition) is 1. The average Bonchev–Trinajstić information content (AvgIpc) is 2.65. The highest BCUT2D eigenvalue weighted by Crippen LogP contribution is 2.11. The number of amides is 1. The lowest BCUT2D eigenvalue weighted by molar-refractivity contribution is -0.127. The van der Waals surface area contributed by atoms with Crippen LogP contribution in [0.4, 0.5) is 0 Å². The summed E-state index contributed by atoms with van der Waals surface area (Å²) in [5, 5.41) is 0. The summed E-state index contributed by atoms with van der Waals surface area (Å²) in [5.74, 6) is 1.04. The Labute approximate surface area is 101 Å². The molecule has 1 aliphatic heterocycles. The number of para-hydroxylation sites is 1. The third-order valence-electron chi connectivity index (χ3n) is 2.83. The minimum atomic E-state index is 0.0116. The fourth-order valence-corrected chi connectivity index (χ4v) is 1.98. The number of rotatable bonds is 5. The predicted octanol–water partition coefficient (Wildman–Crippen LogP) is 1.02. The second kappa shape index (κ2) is 5.68. The van der Waals surface area contributed by atoms with E-state index in [0.717, 1.165) is 18.7 Å². The maximum absolute atomic E-state index is 11.5. The van der Waals surface area contributed by atoms with Gasteiger partial charge in [-0.2, -0.15) is 0 Å². The first-order valence-corrected chi connectivity index (χ1v) is 5.97. The Bertz CT molecular complexity index is 367. The molecule has 0 saturated carbocycles. The highest BCUT2D eigenvalue weighted by Gasteiger charge is 2.25. The molecule has 0 aliphatic carbocycles. The molecule has 17 heavy (non-hydrogen) atoms. The van der Waals surface area contributed by atoms with Crippen molar-refractivity contribution in [3.05, 3.63) is 30.3 Å². The van der Waals surface area contributed by atoms with Crippen LogP contribution in [0.2, 0.25) is 0 Å². The maximum Gasteiger partial charge on any atom is 0.224 e. The molecule has 1 fully saturated rings. The lowest BCUT2D eigenvalue weighted by Gasteiger charge is -2.15. The van der Waals surface area contributed by atoms with Crippen molar-refractivity contribution in [1.29, 1.82) is 0 Å². The average molecular weight is 234 g/mol. The van der Waals surface area contributed by atoms with Crippen LogP contribution in [0.5, 0.6) is 5.75 Å². The van der Waals surface area contributed by atoms with E-state index < -0.39 is 0 Å². The summed E-state index contributed by atoms with van der Waals surface area (Å²) < 4.78 is 5.56. The normalized spacial score (nSPS) is 19.7. The molecule has 1 amide bonds. The third-order valence-corrected chi connectivity index (χ3v) is 2.83. The molecule has 2 rings (SSSR count). The minimum absolute atomic E-state index is 0.0116. The smallest absolute Gasteiger partial charge is 0.224 e. The first-order chi connectivity index (χ1) is 8.25. The largest absolute Gasteiger partial charge is 0.494 e. The number of nitrogens with zero attached hydrogens (tertiary/aromatic N) is 1. The standard InChI is InChI=1S/C13H18N2O2/c14-11-9-13(16)15(10-11)7-4-8-17-12-5-2-1-3-6-12/h1-3,5-6,11H,4,7-10,14H2. The number of hydrogen-bond acceptors (Lipinski definition) is 3. The minimum Gasteiger partial charge on any atom is -0.494 e. The number of ether oxygens (including phenoxy) is 1. The quantitative estimate of drug-likeness (QED) is 0.774. The summed E-state index contributed by atoms with van der Waals surface area (Å²) in [6.45, 7) is 2.05. The molecule has 1 aromatic carbocycles. The number of carbonyl (C=O) groups excluding carboxylic acids is 1. The number of likely N-dealkylation sites (tertiary alicyclic amines) is 1. The van der Waals surface area contributed by atoms with Gasteiger partial charge in [0.1, 0.15) is 5.75 Å². The van der Waals surface area contributed by atoms with E-state index in [9.17, 15) is 4.79 Å². The van der Waals surface area contributed by atoms with Crippen LogP contribution in [0.3, 0.4) is 0 Å². The van der Waals surface area contributed by atoms with Gasteiger partial charge in [0.25, 0.3) is 0 Å². The van der Waals surface area contributed by atoms with Crippen LogP contribution in [0.25, 0.3) is 0 Å². The number of nitrogens with two attached hydrogens (primary N) is 1. The monoisotopic (exact) mass is 234 g/mol. The molecule has 1 unspecified atom stereocenters. The Hall–Kier alpha value is -1.55. The fourth-order valence-electron chi connectivity index (χ4n) is 1.98. The van der Waals surface area contributed by atoms with Crippen molar-refractivity contribution in [3.8, 4) is 5.75 Å².